The Morgan fingerprint density at radius 2 is 0.610 bits per heavy atom. The van der Waals surface area contributed by atoms with E-state index in [1.807, 2.05) is 0 Å². The fourth-order valence-corrected chi connectivity index (χ4v) is 18.0. The molecule has 3 nitrogen and oxygen atoms in total. The number of halogens is 1. The second-order valence-corrected chi connectivity index (χ2v) is 35.2. The molecule has 0 aliphatic heterocycles. The molecule has 436 valence electrons. The summed E-state index contributed by atoms with van der Waals surface area (Å²) in [5.41, 5.74) is 3.92. The van der Waals surface area contributed by atoms with Crippen LogP contribution in [0.1, 0.15) is 273 Å². The Bertz CT molecular complexity index is 1760. The van der Waals surface area contributed by atoms with Crippen LogP contribution in [-0.2, 0) is 19.3 Å². The number of ether oxygens (including phenoxy) is 3. The predicted octanol–water partition coefficient (Wildman–Crippen LogP) is 23.5. The number of hydrogen-bond donors (Lipinski definition) is 0. The molecule has 77 heavy (non-hydrogen) atoms. The van der Waals surface area contributed by atoms with Crippen LogP contribution in [0.3, 0.4) is 0 Å². The Kier molecular flexibility index (Phi) is 35.9. The minimum absolute atomic E-state index is 0.396. The third-order valence-electron chi connectivity index (χ3n) is 15.7. The van der Waals surface area contributed by atoms with E-state index in [1.54, 1.807) is 0 Å². The molecule has 3 aromatic rings. The van der Waals surface area contributed by atoms with Crippen LogP contribution < -0.4 is 14.2 Å². The standard InChI is InChI=1S/C69H117ClO3SSi3/c1-13-19-25-28-31-46-67(7,8)75-52-34-37-58-55-61(40-43-64(58)71-49-22-16-4)74(70,62-41-44-65(72-50-23-17-5)59(56-62)38-35-53-76-68(9,10)47-32-29-26-20-14-2)63-42-45-66(73-51-24-18-6)60(57-63)39-36-54-77-69(11,12)48-33-30-27-21-15-3/h40-45,55-57H,13-39,46-54H2,1-12H3. The highest BCUT2D eigenvalue weighted by atomic mass is 35.7. The zero-order chi connectivity index (χ0) is 56.3. The van der Waals surface area contributed by atoms with Gasteiger partial charge in [0.15, 0.2) is 0 Å². The number of unbranched alkanes of at least 4 members (excludes halogenated alkanes) is 15. The topological polar surface area (TPSA) is 27.7 Å². The van der Waals surface area contributed by atoms with Crippen molar-refractivity contribution in [3.8, 4) is 17.2 Å². The average Bonchev–Trinajstić information content (AvgIpc) is 3.43. The molecular formula is C69H117ClO3SSi3. The second kappa shape index (κ2) is 39.7. The molecule has 3 rings (SSSR count). The summed E-state index contributed by atoms with van der Waals surface area (Å²) in [6.45, 7) is 31.0. The van der Waals surface area contributed by atoms with Crippen LogP contribution in [0.2, 0.25) is 33.2 Å². The van der Waals surface area contributed by atoms with Crippen LogP contribution in [0.25, 0.3) is 0 Å². The number of aryl methyl sites for hydroxylation is 3. The largest absolute Gasteiger partial charge is 0.493 e. The summed E-state index contributed by atoms with van der Waals surface area (Å²) in [7, 11) is 9.35. The van der Waals surface area contributed by atoms with E-state index in [9.17, 15) is 0 Å². The Morgan fingerprint density at radius 3 is 0.870 bits per heavy atom. The normalized spacial score (nSPS) is 12.6. The monoisotopic (exact) mass is 1140 g/mol. The maximum absolute atomic E-state index is 8.74. The van der Waals surface area contributed by atoms with Crippen LogP contribution >= 0.6 is 19.9 Å². The van der Waals surface area contributed by atoms with Gasteiger partial charge in [-0.3, -0.25) is 0 Å². The van der Waals surface area contributed by atoms with Crippen molar-refractivity contribution in [1.29, 1.82) is 0 Å². The lowest BCUT2D eigenvalue weighted by Crippen LogP contribution is -2.13. The van der Waals surface area contributed by atoms with Gasteiger partial charge in [0.2, 0.25) is 0 Å². The highest BCUT2D eigenvalue weighted by Crippen LogP contribution is 2.73. The van der Waals surface area contributed by atoms with Gasteiger partial charge < -0.3 is 14.2 Å². The first-order valence-corrected chi connectivity index (χ1v) is 38.2. The fraction of sp³-hybridized carbons (Fsp3) is 0.739. The maximum Gasteiger partial charge on any atom is 0.122 e. The Balaban J connectivity index is 2.14. The van der Waals surface area contributed by atoms with Gasteiger partial charge in [-0.25, -0.2) is 0 Å². The molecule has 0 saturated heterocycles. The third-order valence-corrected chi connectivity index (χ3v) is 25.5. The fourth-order valence-electron chi connectivity index (χ4n) is 10.5. The SMILES string of the molecule is CCCCCCCC(C)(C)[Si]CCCc1cc(S(Cl)(c2ccc(OCCCC)c(CCC[Si]C(C)(C)CCCCCCC)c2)c2ccc(OCCCC)c(CCC[Si]C(C)(C)CCCCCCC)c2)ccc1OCCCC. The lowest BCUT2D eigenvalue weighted by atomic mass is 10.0. The van der Waals surface area contributed by atoms with Gasteiger partial charge in [-0.1, -0.05) is 275 Å². The Labute approximate surface area is 491 Å². The first kappa shape index (κ1) is 69.6. The summed E-state index contributed by atoms with van der Waals surface area (Å²) >= 11 is 0. The summed E-state index contributed by atoms with van der Waals surface area (Å²) in [5.74, 6) is 3.11. The van der Waals surface area contributed by atoms with Crippen molar-refractivity contribution in [2.75, 3.05) is 19.8 Å². The van der Waals surface area contributed by atoms with Gasteiger partial charge in [0, 0.05) is 43.2 Å². The van der Waals surface area contributed by atoms with Crippen LogP contribution in [0.5, 0.6) is 17.2 Å². The lowest BCUT2D eigenvalue weighted by molar-refractivity contribution is 0.306. The van der Waals surface area contributed by atoms with E-state index >= 15 is 0 Å². The highest BCUT2D eigenvalue weighted by Gasteiger charge is 2.32. The molecule has 0 N–H and O–H groups in total. The zero-order valence-electron chi connectivity index (χ0n) is 52.2. The molecule has 0 heterocycles. The summed E-state index contributed by atoms with van der Waals surface area (Å²) in [6.07, 6.45) is 37.3. The van der Waals surface area contributed by atoms with E-state index in [0.717, 1.165) is 143 Å². The summed E-state index contributed by atoms with van der Waals surface area (Å²) < 4.78 is 20.0. The molecular weight excluding hydrogens is 1030 g/mol. The average molecular weight is 1150 g/mol. The summed E-state index contributed by atoms with van der Waals surface area (Å²) in [6, 6.07) is 25.0. The van der Waals surface area contributed by atoms with Crippen molar-refractivity contribution in [2.24, 2.45) is 0 Å². The molecule has 0 aliphatic carbocycles. The van der Waals surface area contributed by atoms with Crippen molar-refractivity contribution >= 4 is 48.5 Å². The molecule has 0 fully saturated rings. The minimum Gasteiger partial charge on any atom is -0.493 e. The predicted molar refractivity (Wildman–Crippen MR) is 348 cm³/mol. The summed E-state index contributed by atoms with van der Waals surface area (Å²) in [5, 5.41) is 1.19. The van der Waals surface area contributed by atoms with Gasteiger partial charge in [0.1, 0.15) is 17.2 Å². The van der Waals surface area contributed by atoms with E-state index in [-0.39, 0.29) is 0 Å². The van der Waals surface area contributed by atoms with E-state index in [0.29, 0.717) is 15.1 Å². The molecule has 0 saturated carbocycles. The van der Waals surface area contributed by atoms with Crippen LogP contribution in [0.15, 0.2) is 69.3 Å². The molecule has 0 spiro atoms. The molecule has 3 aromatic carbocycles. The van der Waals surface area contributed by atoms with Crippen molar-refractivity contribution in [1.82, 2.24) is 0 Å². The van der Waals surface area contributed by atoms with Gasteiger partial charge >= 0.3 is 0 Å². The molecule has 6 radical (unpaired) electrons. The molecule has 8 heteroatoms. The molecule has 0 aliphatic rings. The van der Waals surface area contributed by atoms with Gasteiger partial charge in [-0.05, 0) is 125 Å². The third kappa shape index (κ3) is 27.8. The van der Waals surface area contributed by atoms with Crippen LogP contribution in [-0.4, -0.2) is 48.4 Å². The molecule has 0 amide bonds. The van der Waals surface area contributed by atoms with Crippen molar-refractivity contribution in [2.45, 2.75) is 324 Å². The van der Waals surface area contributed by atoms with Gasteiger partial charge in [-0.15, -0.1) is 0 Å². The van der Waals surface area contributed by atoms with Crippen molar-refractivity contribution in [3.05, 3.63) is 71.3 Å². The lowest BCUT2D eigenvalue weighted by Gasteiger charge is -2.36. The van der Waals surface area contributed by atoms with E-state index < -0.39 is 9.24 Å². The Morgan fingerprint density at radius 1 is 0.351 bits per heavy atom. The first-order chi connectivity index (χ1) is 37.1. The van der Waals surface area contributed by atoms with Gasteiger partial charge in [0.05, 0.1) is 19.8 Å². The number of rotatable bonds is 48. The van der Waals surface area contributed by atoms with Crippen molar-refractivity contribution < 1.29 is 14.2 Å². The van der Waals surface area contributed by atoms with E-state index in [2.05, 4.69) is 138 Å². The highest BCUT2D eigenvalue weighted by molar-refractivity contribution is 8.51. The van der Waals surface area contributed by atoms with Gasteiger partial charge in [-0.2, -0.15) is 0 Å². The molecule has 0 unspecified atom stereocenters. The second-order valence-electron chi connectivity index (χ2n) is 24.7. The molecule has 0 atom stereocenters. The number of benzene rings is 3. The first-order valence-electron chi connectivity index (χ1n) is 32.1. The Hall–Kier alpha value is -1.65. The maximum atomic E-state index is 8.74. The minimum atomic E-state index is -2.27. The van der Waals surface area contributed by atoms with E-state index in [4.69, 9.17) is 24.9 Å². The quantitative estimate of drug-likeness (QED) is 0.0417. The zero-order valence-corrected chi connectivity index (χ0v) is 56.7. The van der Waals surface area contributed by atoms with Crippen LogP contribution in [0, 0.1) is 0 Å². The van der Waals surface area contributed by atoms with Crippen molar-refractivity contribution in [3.63, 3.8) is 0 Å². The smallest absolute Gasteiger partial charge is 0.122 e. The van der Waals surface area contributed by atoms with Gasteiger partial charge in [0.25, 0.3) is 0 Å². The number of hydrogen-bond acceptors (Lipinski definition) is 3. The van der Waals surface area contributed by atoms with E-state index in [1.165, 1.54) is 165 Å². The summed E-state index contributed by atoms with van der Waals surface area (Å²) in [4.78, 5) is 3.60. The van der Waals surface area contributed by atoms with Crippen LogP contribution in [0.4, 0.5) is 0 Å². The molecule has 0 aromatic heterocycles. The molecule has 0 bridgehead atoms.